The molecule has 0 aromatic carbocycles. The fourth-order valence-corrected chi connectivity index (χ4v) is 2.02. The van der Waals surface area contributed by atoms with E-state index >= 15 is 0 Å². The van der Waals surface area contributed by atoms with Crippen LogP contribution < -0.4 is 5.32 Å². The lowest BCUT2D eigenvalue weighted by atomic mass is 10.1. The third-order valence-corrected chi connectivity index (χ3v) is 3.04. The normalized spacial score (nSPS) is 11.1. The molecule has 0 saturated heterocycles. The van der Waals surface area contributed by atoms with Crippen molar-refractivity contribution in [3.05, 3.63) is 17.5 Å². The van der Waals surface area contributed by atoms with Gasteiger partial charge in [0, 0.05) is 38.0 Å². The second-order valence-corrected chi connectivity index (χ2v) is 4.61. The molecule has 0 unspecified atom stereocenters. The SMILES string of the molecule is CCCCn1ncc(CNCCOC)c1CCC. The minimum Gasteiger partial charge on any atom is -0.383 e. The van der Waals surface area contributed by atoms with Gasteiger partial charge in [0.25, 0.3) is 0 Å². The van der Waals surface area contributed by atoms with Gasteiger partial charge in [-0.2, -0.15) is 5.10 Å². The topological polar surface area (TPSA) is 39.1 Å². The van der Waals surface area contributed by atoms with Crippen molar-refractivity contribution < 1.29 is 4.74 Å². The zero-order chi connectivity index (χ0) is 13.2. The first kappa shape index (κ1) is 15.2. The molecule has 0 atom stereocenters. The third-order valence-electron chi connectivity index (χ3n) is 3.04. The van der Waals surface area contributed by atoms with Gasteiger partial charge in [-0.15, -0.1) is 0 Å². The summed E-state index contributed by atoms with van der Waals surface area (Å²) < 4.78 is 7.21. The maximum Gasteiger partial charge on any atom is 0.0587 e. The molecular weight excluding hydrogens is 226 g/mol. The Morgan fingerprint density at radius 2 is 2.17 bits per heavy atom. The lowest BCUT2D eigenvalue weighted by Crippen LogP contribution is -2.19. The molecule has 0 aliphatic carbocycles. The van der Waals surface area contributed by atoms with Gasteiger partial charge in [0.2, 0.25) is 0 Å². The van der Waals surface area contributed by atoms with E-state index < -0.39 is 0 Å². The Morgan fingerprint density at radius 3 is 2.83 bits per heavy atom. The molecule has 0 spiro atoms. The first-order valence-corrected chi connectivity index (χ1v) is 7.06. The van der Waals surface area contributed by atoms with Crippen LogP contribution in [0.4, 0.5) is 0 Å². The Balaban J connectivity index is 2.56. The van der Waals surface area contributed by atoms with E-state index in [-0.39, 0.29) is 0 Å². The van der Waals surface area contributed by atoms with Crippen LogP contribution in [0.15, 0.2) is 6.20 Å². The van der Waals surface area contributed by atoms with Crippen LogP contribution in [0.3, 0.4) is 0 Å². The number of unbranched alkanes of at least 4 members (excludes halogenated alkanes) is 1. The number of rotatable bonds is 10. The Hall–Kier alpha value is -0.870. The molecule has 1 rings (SSSR count). The molecule has 104 valence electrons. The summed E-state index contributed by atoms with van der Waals surface area (Å²) in [6.07, 6.45) is 6.72. The first-order chi connectivity index (χ1) is 8.83. The van der Waals surface area contributed by atoms with Crippen LogP contribution in [0.2, 0.25) is 0 Å². The van der Waals surface area contributed by atoms with Crippen molar-refractivity contribution in [1.82, 2.24) is 15.1 Å². The van der Waals surface area contributed by atoms with E-state index in [4.69, 9.17) is 4.74 Å². The predicted octanol–water partition coefficient (Wildman–Crippen LogP) is 2.37. The number of hydrogen-bond acceptors (Lipinski definition) is 3. The zero-order valence-corrected chi connectivity index (χ0v) is 12.0. The van der Waals surface area contributed by atoms with Crippen LogP contribution in [0.5, 0.6) is 0 Å². The zero-order valence-electron chi connectivity index (χ0n) is 12.0. The highest BCUT2D eigenvalue weighted by atomic mass is 16.5. The van der Waals surface area contributed by atoms with E-state index in [1.165, 1.54) is 30.5 Å². The van der Waals surface area contributed by atoms with Gasteiger partial charge in [0.05, 0.1) is 12.8 Å². The van der Waals surface area contributed by atoms with Gasteiger partial charge in [-0.1, -0.05) is 26.7 Å². The smallest absolute Gasteiger partial charge is 0.0587 e. The maximum absolute atomic E-state index is 5.03. The highest BCUT2D eigenvalue weighted by Gasteiger charge is 2.09. The Morgan fingerprint density at radius 1 is 1.33 bits per heavy atom. The Bertz CT molecular complexity index is 323. The number of nitrogens with zero attached hydrogens (tertiary/aromatic N) is 2. The molecule has 4 heteroatoms. The number of nitrogens with one attached hydrogen (secondary N) is 1. The van der Waals surface area contributed by atoms with Crippen molar-refractivity contribution in [3.8, 4) is 0 Å². The molecule has 0 radical (unpaired) electrons. The second-order valence-electron chi connectivity index (χ2n) is 4.61. The van der Waals surface area contributed by atoms with Crippen molar-refractivity contribution in [2.24, 2.45) is 0 Å². The van der Waals surface area contributed by atoms with Crippen LogP contribution in [0, 0.1) is 0 Å². The Labute approximate surface area is 111 Å². The van der Waals surface area contributed by atoms with E-state index in [1.807, 2.05) is 6.20 Å². The molecule has 18 heavy (non-hydrogen) atoms. The fourth-order valence-electron chi connectivity index (χ4n) is 2.02. The van der Waals surface area contributed by atoms with E-state index in [0.717, 1.165) is 32.7 Å². The highest BCUT2D eigenvalue weighted by Crippen LogP contribution is 2.12. The van der Waals surface area contributed by atoms with Crippen LogP contribution in [-0.4, -0.2) is 30.0 Å². The molecule has 0 aliphatic heterocycles. The lowest BCUT2D eigenvalue weighted by Gasteiger charge is -2.09. The average Bonchev–Trinajstić information content (AvgIpc) is 2.75. The molecule has 1 N–H and O–H groups in total. The molecule has 0 aliphatic rings. The fraction of sp³-hybridized carbons (Fsp3) is 0.786. The largest absolute Gasteiger partial charge is 0.383 e. The summed E-state index contributed by atoms with van der Waals surface area (Å²) in [4.78, 5) is 0. The minimum atomic E-state index is 0.757. The summed E-state index contributed by atoms with van der Waals surface area (Å²) in [5, 5.41) is 7.91. The van der Waals surface area contributed by atoms with Crippen LogP contribution in [-0.2, 0) is 24.2 Å². The van der Waals surface area contributed by atoms with Crippen LogP contribution >= 0.6 is 0 Å². The van der Waals surface area contributed by atoms with Gasteiger partial charge >= 0.3 is 0 Å². The van der Waals surface area contributed by atoms with Crippen molar-refractivity contribution in [2.75, 3.05) is 20.3 Å². The molecule has 0 amide bonds. The van der Waals surface area contributed by atoms with E-state index in [0.29, 0.717) is 0 Å². The lowest BCUT2D eigenvalue weighted by molar-refractivity contribution is 0.199. The van der Waals surface area contributed by atoms with Crippen molar-refractivity contribution >= 4 is 0 Å². The standard InChI is InChI=1S/C14H27N3O/c1-4-6-9-17-14(7-5-2)13(12-16-17)11-15-8-10-18-3/h12,15H,4-11H2,1-3H3. The number of methoxy groups -OCH3 is 1. The first-order valence-electron chi connectivity index (χ1n) is 7.06. The van der Waals surface area contributed by atoms with Gasteiger partial charge in [0.1, 0.15) is 0 Å². The second kappa shape index (κ2) is 9.11. The van der Waals surface area contributed by atoms with Gasteiger partial charge in [-0.25, -0.2) is 0 Å². The summed E-state index contributed by atoms with van der Waals surface area (Å²) in [6.45, 7) is 8.03. The number of hydrogen-bond donors (Lipinski definition) is 1. The molecule has 0 bridgehead atoms. The van der Waals surface area contributed by atoms with Crippen LogP contribution in [0.25, 0.3) is 0 Å². The summed E-state index contributed by atoms with van der Waals surface area (Å²) >= 11 is 0. The van der Waals surface area contributed by atoms with E-state index in [9.17, 15) is 0 Å². The number of aromatic nitrogens is 2. The van der Waals surface area contributed by atoms with E-state index in [1.54, 1.807) is 7.11 Å². The molecule has 1 aromatic rings. The van der Waals surface area contributed by atoms with Crippen molar-refractivity contribution in [3.63, 3.8) is 0 Å². The molecular formula is C14H27N3O. The predicted molar refractivity (Wildman–Crippen MR) is 74.7 cm³/mol. The average molecular weight is 253 g/mol. The molecule has 4 nitrogen and oxygen atoms in total. The minimum absolute atomic E-state index is 0.757. The van der Waals surface area contributed by atoms with Gasteiger partial charge < -0.3 is 10.1 Å². The van der Waals surface area contributed by atoms with E-state index in [2.05, 4.69) is 28.9 Å². The van der Waals surface area contributed by atoms with Gasteiger partial charge in [0.15, 0.2) is 0 Å². The number of aryl methyl sites for hydroxylation is 1. The van der Waals surface area contributed by atoms with Gasteiger partial charge in [-0.3, -0.25) is 4.68 Å². The third kappa shape index (κ3) is 4.78. The molecule has 1 heterocycles. The Kier molecular flexibility index (Phi) is 7.69. The number of ether oxygens (including phenoxy) is 1. The molecule has 1 aromatic heterocycles. The quantitative estimate of drug-likeness (QED) is 0.651. The summed E-state index contributed by atoms with van der Waals surface area (Å²) in [5.74, 6) is 0. The highest BCUT2D eigenvalue weighted by molar-refractivity contribution is 5.18. The molecule has 0 saturated carbocycles. The van der Waals surface area contributed by atoms with Gasteiger partial charge in [-0.05, 0) is 12.8 Å². The monoisotopic (exact) mass is 253 g/mol. The van der Waals surface area contributed by atoms with Crippen molar-refractivity contribution in [1.29, 1.82) is 0 Å². The summed E-state index contributed by atoms with van der Waals surface area (Å²) in [6, 6.07) is 0. The maximum atomic E-state index is 5.03. The molecule has 0 fully saturated rings. The summed E-state index contributed by atoms with van der Waals surface area (Å²) in [7, 11) is 1.73. The van der Waals surface area contributed by atoms with Crippen LogP contribution in [0.1, 0.15) is 44.4 Å². The summed E-state index contributed by atoms with van der Waals surface area (Å²) in [5.41, 5.74) is 2.74. The van der Waals surface area contributed by atoms with Crippen molar-refractivity contribution in [2.45, 2.75) is 52.6 Å².